The number of hydrogen-bond donors (Lipinski definition) is 0. The molecule has 2 atom stereocenters. The summed E-state index contributed by atoms with van der Waals surface area (Å²) < 4.78 is 0. The van der Waals surface area contributed by atoms with Gasteiger partial charge in [0.1, 0.15) is 0 Å². The van der Waals surface area contributed by atoms with Crippen molar-refractivity contribution in [1.29, 1.82) is 0 Å². The molecule has 332 valence electrons. The highest BCUT2D eigenvalue weighted by atomic mass is 14.1. The lowest BCUT2D eigenvalue weighted by Crippen LogP contribution is -1.96. The van der Waals surface area contributed by atoms with Crippen LogP contribution >= 0.6 is 0 Å². The third-order valence-electron chi connectivity index (χ3n) is 13.5. The first kappa shape index (κ1) is 55.0. The van der Waals surface area contributed by atoms with E-state index in [1.807, 2.05) is 0 Å². The summed E-state index contributed by atoms with van der Waals surface area (Å²) in [6, 6.07) is 0. The van der Waals surface area contributed by atoms with Crippen LogP contribution in [0.4, 0.5) is 0 Å². The highest BCUT2D eigenvalue weighted by molar-refractivity contribution is 4.59. The zero-order valence-corrected chi connectivity index (χ0v) is 39.8. The lowest BCUT2D eigenvalue weighted by Gasteiger charge is -2.12. The number of rotatable bonds is 50. The van der Waals surface area contributed by atoms with Crippen LogP contribution in [0.15, 0.2) is 0 Å². The Kier molecular flexibility index (Phi) is 50.1. The molecule has 0 N–H and O–H groups in total. The van der Waals surface area contributed by atoms with Gasteiger partial charge in [0.05, 0.1) is 0 Å². The molecule has 0 bridgehead atoms. The molecule has 0 aliphatic heterocycles. The minimum atomic E-state index is 0.958. The number of hydrogen-bond acceptors (Lipinski definition) is 0. The molecule has 0 saturated carbocycles. The van der Waals surface area contributed by atoms with Crippen molar-refractivity contribution >= 4 is 0 Å². The molecular formula is C55H112. The van der Waals surface area contributed by atoms with Gasteiger partial charge in [0.15, 0.2) is 0 Å². The van der Waals surface area contributed by atoms with Crippen LogP contribution in [-0.2, 0) is 0 Å². The molecule has 0 rings (SSSR count). The van der Waals surface area contributed by atoms with Crippen LogP contribution in [0.2, 0.25) is 0 Å². The van der Waals surface area contributed by atoms with Crippen LogP contribution < -0.4 is 0 Å². The van der Waals surface area contributed by atoms with Crippen molar-refractivity contribution in [2.45, 2.75) is 342 Å². The van der Waals surface area contributed by atoms with Crippen LogP contribution in [-0.4, -0.2) is 0 Å². The molecule has 0 radical (unpaired) electrons. The van der Waals surface area contributed by atoms with Crippen LogP contribution in [0.3, 0.4) is 0 Å². The first-order valence-electron chi connectivity index (χ1n) is 27.2. The van der Waals surface area contributed by atoms with Gasteiger partial charge >= 0.3 is 0 Å². The lowest BCUT2D eigenvalue weighted by molar-refractivity contribution is 0.416. The van der Waals surface area contributed by atoms with Gasteiger partial charge < -0.3 is 0 Å². The van der Waals surface area contributed by atoms with E-state index < -0.39 is 0 Å². The maximum atomic E-state index is 2.53. The highest BCUT2D eigenvalue weighted by Crippen LogP contribution is 2.22. The fourth-order valence-corrected chi connectivity index (χ4v) is 9.30. The van der Waals surface area contributed by atoms with Gasteiger partial charge in [-0.1, -0.05) is 342 Å². The summed E-state index contributed by atoms with van der Waals surface area (Å²) in [6.07, 6.45) is 72.6. The first-order valence-corrected chi connectivity index (χ1v) is 27.2. The van der Waals surface area contributed by atoms with E-state index in [0.717, 1.165) is 11.8 Å². The average Bonchev–Trinajstić information content (AvgIpc) is 3.19. The molecule has 0 aromatic carbocycles. The minimum absolute atomic E-state index is 0.958. The molecule has 0 heteroatoms. The van der Waals surface area contributed by atoms with E-state index in [2.05, 4.69) is 27.7 Å². The Labute approximate surface area is 352 Å². The summed E-state index contributed by atoms with van der Waals surface area (Å²) in [7, 11) is 0. The molecule has 0 spiro atoms. The normalized spacial score (nSPS) is 12.9. The van der Waals surface area contributed by atoms with Crippen molar-refractivity contribution < 1.29 is 0 Å². The summed E-state index contributed by atoms with van der Waals surface area (Å²) in [5.74, 6) is 1.92. The summed E-state index contributed by atoms with van der Waals surface area (Å²) in [5, 5.41) is 0. The maximum Gasteiger partial charge on any atom is -0.0443 e. The van der Waals surface area contributed by atoms with Crippen molar-refractivity contribution in [3.05, 3.63) is 0 Å². The van der Waals surface area contributed by atoms with Crippen LogP contribution in [0.25, 0.3) is 0 Å². The Hall–Kier alpha value is 0. The van der Waals surface area contributed by atoms with Crippen molar-refractivity contribution in [2.24, 2.45) is 11.8 Å². The van der Waals surface area contributed by atoms with E-state index in [4.69, 9.17) is 0 Å². The van der Waals surface area contributed by atoms with Crippen LogP contribution in [0, 0.1) is 11.8 Å². The summed E-state index contributed by atoms with van der Waals surface area (Å²) in [5.41, 5.74) is 0. The average molecular weight is 774 g/mol. The van der Waals surface area contributed by atoms with Gasteiger partial charge in [-0.15, -0.1) is 0 Å². The maximum absolute atomic E-state index is 2.53. The van der Waals surface area contributed by atoms with Gasteiger partial charge in [0.2, 0.25) is 0 Å². The number of unbranched alkanes of at least 4 members (excludes halogenated alkanes) is 42. The van der Waals surface area contributed by atoms with Crippen LogP contribution in [0.1, 0.15) is 342 Å². The molecular weight excluding hydrogens is 661 g/mol. The van der Waals surface area contributed by atoms with Gasteiger partial charge in [-0.05, 0) is 11.8 Å². The first-order chi connectivity index (χ1) is 27.2. The summed E-state index contributed by atoms with van der Waals surface area (Å²) in [6.45, 7) is 9.67. The molecule has 0 aliphatic rings. The highest BCUT2D eigenvalue weighted by Gasteiger charge is 2.05. The lowest BCUT2D eigenvalue weighted by atomic mass is 9.94. The van der Waals surface area contributed by atoms with Crippen LogP contribution in [0.5, 0.6) is 0 Å². The molecule has 0 fully saturated rings. The Balaban J connectivity index is 3.19. The zero-order chi connectivity index (χ0) is 39.8. The Morgan fingerprint density at radius 3 is 0.400 bits per heavy atom. The third kappa shape index (κ3) is 50.1. The zero-order valence-electron chi connectivity index (χ0n) is 39.8. The SMILES string of the molecule is CCCCCCCCCCCCCCCCCCCCCCCCCCCCCCCCC(C)CCCCCCCC(C)CCCCCCCCCCCC. The summed E-state index contributed by atoms with van der Waals surface area (Å²) in [4.78, 5) is 0. The van der Waals surface area contributed by atoms with Gasteiger partial charge in [-0.25, -0.2) is 0 Å². The molecule has 0 aromatic heterocycles. The Morgan fingerprint density at radius 2 is 0.273 bits per heavy atom. The predicted octanol–water partition coefficient (Wildman–Crippen LogP) is 21.4. The van der Waals surface area contributed by atoms with E-state index in [1.54, 1.807) is 0 Å². The molecule has 0 heterocycles. The molecule has 0 saturated heterocycles. The third-order valence-corrected chi connectivity index (χ3v) is 13.5. The van der Waals surface area contributed by atoms with Gasteiger partial charge in [-0.3, -0.25) is 0 Å². The van der Waals surface area contributed by atoms with Gasteiger partial charge in [-0.2, -0.15) is 0 Å². The molecule has 0 amide bonds. The smallest absolute Gasteiger partial charge is 0.0443 e. The molecule has 0 aliphatic carbocycles. The van der Waals surface area contributed by atoms with E-state index in [0.29, 0.717) is 0 Å². The molecule has 55 heavy (non-hydrogen) atoms. The van der Waals surface area contributed by atoms with Crippen molar-refractivity contribution in [2.75, 3.05) is 0 Å². The second-order valence-corrected chi connectivity index (χ2v) is 19.6. The van der Waals surface area contributed by atoms with E-state index >= 15 is 0 Å². The summed E-state index contributed by atoms with van der Waals surface area (Å²) >= 11 is 0. The Bertz CT molecular complexity index is 636. The van der Waals surface area contributed by atoms with E-state index in [1.165, 1.54) is 315 Å². The fourth-order valence-electron chi connectivity index (χ4n) is 9.30. The molecule has 2 unspecified atom stereocenters. The predicted molar refractivity (Wildman–Crippen MR) is 256 cm³/mol. The van der Waals surface area contributed by atoms with E-state index in [9.17, 15) is 0 Å². The topological polar surface area (TPSA) is 0 Å². The second-order valence-electron chi connectivity index (χ2n) is 19.6. The van der Waals surface area contributed by atoms with Crippen molar-refractivity contribution in [1.82, 2.24) is 0 Å². The van der Waals surface area contributed by atoms with Gasteiger partial charge in [0.25, 0.3) is 0 Å². The monoisotopic (exact) mass is 773 g/mol. The van der Waals surface area contributed by atoms with Crippen molar-refractivity contribution in [3.63, 3.8) is 0 Å². The fraction of sp³-hybridized carbons (Fsp3) is 1.00. The molecule has 0 nitrogen and oxygen atoms in total. The molecule has 0 aromatic rings. The Morgan fingerprint density at radius 1 is 0.164 bits per heavy atom. The quantitative estimate of drug-likeness (QED) is 0.0540. The van der Waals surface area contributed by atoms with Gasteiger partial charge in [0, 0.05) is 0 Å². The van der Waals surface area contributed by atoms with Crippen molar-refractivity contribution in [3.8, 4) is 0 Å². The largest absolute Gasteiger partial charge is 0.0654 e. The standard InChI is InChI=1S/C55H112/c1-5-7-9-11-13-15-17-18-19-20-21-22-23-24-25-26-27-28-29-30-31-32-33-34-35-36-38-40-43-47-51-55(4)53-49-45-41-44-48-52-54(3)50-46-42-39-37-16-14-12-10-8-6-2/h54-55H,5-53H2,1-4H3. The second kappa shape index (κ2) is 50.1. The minimum Gasteiger partial charge on any atom is -0.0654 e. The van der Waals surface area contributed by atoms with E-state index in [-0.39, 0.29) is 0 Å².